The third-order valence-electron chi connectivity index (χ3n) is 10.1. The number of alkyl halides is 3. The number of para-hydroxylation sites is 2. The first-order valence-corrected chi connectivity index (χ1v) is 17.2. The third-order valence-corrected chi connectivity index (χ3v) is 10.1. The number of pyridine rings is 1. The van der Waals surface area contributed by atoms with Crippen LogP contribution >= 0.6 is 0 Å². The quantitative estimate of drug-likeness (QED) is 0.165. The second-order valence-electron chi connectivity index (χ2n) is 13.2. The molecule has 274 valence electrons. The summed E-state index contributed by atoms with van der Waals surface area (Å²) in [5.41, 5.74) is 3.05. The number of anilines is 1. The summed E-state index contributed by atoms with van der Waals surface area (Å²) in [5.74, 6) is 1.83. The van der Waals surface area contributed by atoms with Gasteiger partial charge in [0.05, 0.1) is 39.0 Å². The Hall–Kier alpha value is -4.56. The fourth-order valence-electron chi connectivity index (χ4n) is 7.44. The Morgan fingerprint density at radius 2 is 1.71 bits per heavy atom. The highest BCUT2D eigenvalue weighted by molar-refractivity contribution is 5.96. The molecule has 51 heavy (non-hydrogen) atoms. The zero-order valence-electron chi connectivity index (χ0n) is 29.2. The summed E-state index contributed by atoms with van der Waals surface area (Å²) in [7, 11) is 4.59. The fourth-order valence-corrected chi connectivity index (χ4v) is 7.44. The van der Waals surface area contributed by atoms with Crippen molar-refractivity contribution in [2.45, 2.75) is 43.3 Å². The summed E-state index contributed by atoms with van der Waals surface area (Å²) in [4.78, 5) is 32.7. The van der Waals surface area contributed by atoms with Gasteiger partial charge in [-0.2, -0.15) is 13.2 Å². The van der Waals surface area contributed by atoms with Crippen LogP contribution in [0.4, 0.5) is 19.1 Å². The van der Waals surface area contributed by atoms with Gasteiger partial charge in [0, 0.05) is 62.1 Å². The van der Waals surface area contributed by atoms with Gasteiger partial charge < -0.3 is 38.6 Å². The van der Waals surface area contributed by atoms with E-state index in [1.165, 1.54) is 21.3 Å². The van der Waals surface area contributed by atoms with Crippen LogP contribution in [0.1, 0.15) is 41.6 Å². The van der Waals surface area contributed by atoms with E-state index in [1.807, 2.05) is 41.3 Å². The van der Waals surface area contributed by atoms with Crippen molar-refractivity contribution in [1.82, 2.24) is 24.8 Å². The maximum atomic E-state index is 13.9. The highest BCUT2D eigenvalue weighted by atomic mass is 19.4. The molecule has 0 aliphatic carbocycles. The molecule has 14 heteroatoms. The van der Waals surface area contributed by atoms with Crippen LogP contribution in [0, 0.1) is 0 Å². The number of hydrogen-bond acceptors (Lipinski definition) is 9. The van der Waals surface area contributed by atoms with Crippen LogP contribution in [0.3, 0.4) is 0 Å². The predicted octanol–water partition coefficient (Wildman–Crippen LogP) is 5.71. The summed E-state index contributed by atoms with van der Waals surface area (Å²) in [6.07, 6.45) is 2.54. The fraction of sp³-hybridized carbons (Fsp3) is 0.486. The number of piperidine rings is 1. The topological polar surface area (TPSA) is 105 Å². The largest absolute Gasteiger partial charge is 0.493 e. The van der Waals surface area contributed by atoms with Gasteiger partial charge in [0.2, 0.25) is 11.7 Å². The van der Waals surface area contributed by atoms with E-state index in [4.69, 9.17) is 23.9 Å². The zero-order chi connectivity index (χ0) is 36.0. The number of rotatable bonds is 14. The molecule has 4 aromatic rings. The number of fused-ring (bicyclic) bond motifs is 1. The number of likely N-dealkylation sites (tertiary alicyclic amines) is 2. The van der Waals surface area contributed by atoms with Crippen molar-refractivity contribution >= 4 is 22.9 Å². The molecule has 1 atom stereocenters. The van der Waals surface area contributed by atoms with Gasteiger partial charge in [-0.3, -0.25) is 9.78 Å². The van der Waals surface area contributed by atoms with Crippen molar-refractivity contribution in [3.63, 3.8) is 0 Å². The average Bonchev–Trinajstić information content (AvgIpc) is 3.79. The number of methoxy groups -OCH3 is 3. The Kier molecular flexibility index (Phi) is 11.2. The number of ether oxygens (including phenoxy) is 4. The summed E-state index contributed by atoms with van der Waals surface area (Å²) < 4.78 is 59.8. The number of hydrogen-bond donors (Lipinski definition) is 1. The standard InChI is InChI=1S/C37H45F3N6O5/c1-48-31-22-26(23-32(49-2)33(31)50-3)34(47)45-19-13-36(24-45,27-8-14-41-15-9-27)12-18-44-16-10-28(11-17-44)46(20-21-51-25-37(38,39)40)35-42-29-6-4-5-7-30(29)43-35/h4-9,14-15,22-23,28H,10-13,16-21,24-25H2,1-3H3,(H,42,43). The molecule has 2 aromatic heterocycles. The monoisotopic (exact) mass is 710 g/mol. The lowest BCUT2D eigenvalue weighted by Gasteiger charge is -2.40. The molecule has 1 amide bonds. The molecule has 2 saturated heterocycles. The molecule has 2 aliphatic rings. The first-order chi connectivity index (χ1) is 24.6. The van der Waals surface area contributed by atoms with Gasteiger partial charge >= 0.3 is 6.18 Å². The van der Waals surface area contributed by atoms with E-state index in [0.29, 0.717) is 48.4 Å². The summed E-state index contributed by atoms with van der Waals surface area (Å²) >= 11 is 0. The molecule has 1 N–H and O–H groups in total. The Labute approximate surface area is 295 Å². The molecular weight excluding hydrogens is 665 g/mol. The lowest BCUT2D eigenvalue weighted by atomic mass is 9.77. The van der Waals surface area contributed by atoms with Crippen molar-refractivity contribution < 1.29 is 36.9 Å². The van der Waals surface area contributed by atoms with E-state index in [1.54, 1.807) is 24.5 Å². The number of carbonyl (C=O) groups is 1. The van der Waals surface area contributed by atoms with E-state index in [-0.39, 0.29) is 24.0 Å². The molecule has 0 radical (unpaired) electrons. The number of aromatic amines is 1. The molecule has 2 fully saturated rings. The smallest absolute Gasteiger partial charge is 0.411 e. The van der Waals surface area contributed by atoms with E-state index < -0.39 is 12.8 Å². The molecule has 4 heterocycles. The molecule has 0 bridgehead atoms. The van der Waals surface area contributed by atoms with E-state index in [2.05, 4.69) is 19.8 Å². The van der Waals surface area contributed by atoms with Gasteiger partial charge in [-0.1, -0.05) is 12.1 Å². The second kappa shape index (κ2) is 15.8. The van der Waals surface area contributed by atoms with Crippen molar-refractivity contribution in [3.8, 4) is 17.2 Å². The Morgan fingerprint density at radius 1 is 1.00 bits per heavy atom. The number of H-pyrrole nitrogens is 1. The third kappa shape index (κ3) is 8.33. The highest BCUT2D eigenvalue weighted by Gasteiger charge is 2.42. The summed E-state index contributed by atoms with van der Waals surface area (Å²) in [6.45, 7) is 2.60. The van der Waals surface area contributed by atoms with Gasteiger partial charge in [0.15, 0.2) is 11.5 Å². The summed E-state index contributed by atoms with van der Waals surface area (Å²) in [5, 5.41) is 0. The van der Waals surface area contributed by atoms with Gasteiger partial charge in [0.25, 0.3) is 5.91 Å². The first-order valence-electron chi connectivity index (χ1n) is 17.2. The van der Waals surface area contributed by atoms with Gasteiger partial charge in [-0.05, 0) is 74.2 Å². The van der Waals surface area contributed by atoms with Gasteiger partial charge in [0.1, 0.15) is 6.61 Å². The molecule has 11 nitrogen and oxygen atoms in total. The van der Waals surface area contributed by atoms with Crippen LogP contribution in [0.25, 0.3) is 11.0 Å². The molecule has 6 rings (SSSR count). The number of benzene rings is 2. The number of aromatic nitrogens is 3. The minimum absolute atomic E-state index is 0.0590. The second-order valence-corrected chi connectivity index (χ2v) is 13.2. The number of halogens is 3. The average molecular weight is 711 g/mol. The highest BCUT2D eigenvalue weighted by Crippen LogP contribution is 2.41. The maximum Gasteiger partial charge on any atom is 0.411 e. The Balaban J connectivity index is 1.12. The van der Waals surface area contributed by atoms with Crippen molar-refractivity contribution in [3.05, 3.63) is 72.1 Å². The van der Waals surface area contributed by atoms with Crippen molar-refractivity contribution in [2.75, 3.05) is 78.7 Å². The van der Waals surface area contributed by atoms with Crippen LogP contribution in [0.15, 0.2) is 60.9 Å². The van der Waals surface area contributed by atoms with Gasteiger partial charge in [-0.25, -0.2) is 4.98 Å². The lowest BCUT2D eigenvalue weighted by Crippen LogP contribution is -2.47. The molecule has 0 saturated carbocycles. The SMILES string of the molecule is COc1cc(C(=O)N2CCC(CCN3CCC(N(CCOCC(F)(F)F)c4nc5ccccc5[nH]4)CC3)(c3ccncc3)C2)cc(OC)c1OC. The van der Waals surface area contributed by atoms with E-state index in [0.717, 1.165) is 61.9 Å². The molecule has 2 aliphatic heterocycles. The van der Waals surface area contributed by atoms with E-state index >= 15 is 0 Å². The zero-order valence-corrected chi connectivity index (χ0v) is 29.2. The van der Waals surface area contributed by atoms with Crippen molar-refractivity contribution in [1.29, 1.82) is 0 Å². The van der Waals surface area contributed by atoms with Crippen LogP contribution in [-0.2, 0) is 10.2 Å². The first kappa shape index (κ1) is 36.2. The normalized spacial score (nSPS) is 18.7. The summed E-state index contributed by atoms with van der Waals surface area (Å²) in [6, 6.07) is 15.2. The molecule has 1 unspecified atom stereocenters. The number of nitrogens with one attached hydrogen (secondary N) is 1. The minimum atomic E-state index is -4.37. The maximum absolute atomic E-state index is 13.9. The van der Waals surface area contributed by atoms with E-state index in [9.17, 15) is 18.0 Å². The molecule has 2 aromatic carbocycles. The lowest BCUT2D eigenvalue weighted by molar-refractivity contribution is -0.173. The Bertz CT molecular complexity index is 1710. The molecular formula is C37H45F3N6O5. The number of amides is 1. The Morgan fingerprint density at radius 3 is 2.35 bits per heavy atom. The minimum Gasteiger partial charge on any atom is -0.493 e. The predicted molar refractivity (Wildman–Crippen MR) is 187 cm³/mol. The number of carbonyl (C=O) groups excluding carboxylic acids is 1. The van der Waals surface area contributed by atoms with Crippen LogP contribution < -0.4 is 19.1 Å². The number of nitrogens with zero attached hydrogens (tertiary/aromatic N) is 5. The van der Waals surface area contributed by atoms with Crippen LogP contribution in [0.5, 0.6) is 17.2 Å². The van der Waals surface area contributed by atoms with Gasteiger partial charge in [-0.15, -0.1) is 0 Å². The number of imidazole rings is 1. The van der Waals surface area contributed by atoms with Crippen molar-refractivity contribution in [2.24, 2.45) is 0 Å². The molecule has 0 spiro atoms. The van der Waals surface area contributed by atoms with Crippen LogP contribution in [0.2, 0.25) is 0 Å². The van der Waals surface area contributed by atoms with Crippen LogP contribution in [-0.4, -0.2) is 117 Å².